The van der Waals surface area contributed by atoms with Gasteiger partial charge in [0, 0.05) is 18.6 Å². The van der Waals surface area contributed by atoms with Gasteiger partial charge in [0.25, 0.3) is 0 Å². The lowest BCUT2D eigenvalue weighted by molar-refractivity contribution is 0.170. The maximum atomic E-state index is 11.8. The Morgan fingerprint density at radius 2 is 2.14 bits per heavy atom. The standard InChI is InChI=1S/C11H22N2O/c1-4-9(3)13(5-2)11(14)12-10-7-6-8-10/h9-10H,4-8H2,1-3H3,(H,12,14). The number of carbonyl (C=O) groups is 1. The van der Waals surface area contributed by atoms with Crippen LogP contribution in [0, 0.1) is 0 Å². The van der Waals surface area contributed by atoms with Crippen LogP contribution in [0.2, 0.25) is 0 Å². The van der Waals surface area contributed by atoms with Crippen molar-refractivity contribution < 1.29 is 4.79 Å². The van der Waals surface area contributed by atoms with Crippen LogP contribution < -0.4 is 5.32 Å². The molecule has 1 fully saturated rings. The third-order valence-corrected chi connectivity index (χ3v) is 3.16. The number of carbonyl (C=O) groups excluding carboxylic acids is 1. The summed E-state index contributed by atoms with van der Waals surface area (Å²) in [5.74, 6) is 0. The first kappa shape index (κ1) is 11.3. The molecule has 3 nitrogen and oxygen atoms in total. The molecule has 0 spiro atoms. The van der Waals surface area contributed by atoms with Crippen molar-refractivity contribution in [3.63, 3.8) is 0 Å². The van der Waals surface area contributed by atoms with Crippen LogP contribution in [0.1, 0.15) is 46.5 Å². The third-order valence-electron chi connectivity index (χ3n) is 3.16. The van der Waals surface area contributed by atoms with E-state index in [2.05, 4.69) is 19.2 Å². The van der Waals surface area contributed by atoms with Crippen molar-refractivity contribution in [2.45, 2.75) is 58.5 Å². The Morgan fingerprint density at radius 3 is 2.50 bits per heavy atom. The Kier molecular flexibility index (Phi) is 4.23. The molecule has 1 saturated carbocycles. The molecule has 1 aliphatic carbocycles. The molecule has 1 unspecified atom stereocenters. The number of nitrogens with zero attached hydrogens (tertiary/aromatic N) is 1. The summed E-state index contributed by atoms with van der Waals surface area (Å²) < 4.78 is 0. The Labute approximate surface area is 86.9 Å². The van der Waals surface area contributed by atoms with E-state index < -0.39 is 0 Å². The predicted molar refractivity (Wildman–Crippen MR) is 58.3 cm³/mol. The monoisotopic (exact) mass is 198 g/mol. The van der Waals surface area contributed by atoms with Gasteiger partial charge in [-0.1, -0.05) is 6.92 Å². The zero-order valence-electron chi connectivity index (χ0n) is 9.55. The molecule has 0 aliphatic heterocycles. The van der Waals surface area contributed by atoms with E-state index in [1.54, 1.807) is 0 Å². The largest absolute Gasteiger partial charge is 0.335 e. The van der Waals surface area contributed by atoms with Crippen molar-refractivity contribution in [1.29, 1.82) is 0 Å². The summed E-state index contributed by atoms with van der Waals surface area (Å²) in [5, 5.41) is 3.07. The highest BCUT2D eigenvalue weighted by molar-refractivity contribution is 5.74. The van der Waals surface area contributed by atoms with Crippen molar-refractivity contribution in [2.75, 3.05) is 6.54 Å². The molecule has 0 bridgehead atoms. The number of urea groups is 1. The molecule has 82 valence electrons. The third kappa shape index (κ3) is 2.63. The van der Waals surface area contributed by atoms with Gasteiger partial charge < -0.3 is 10.2 Å². The maximum Gasteiger partial charge on any atom is 0.317 e. The topological polar surface area (TPSA) is 32.3 Å². The highest BCUT2D eigenvalue weighted by Gasteiger charge is 2.23. The molecule has 1 aliphatic rings. The maximum absolute atomic E-state index is 11.8. The van der Waals surface area contributed by atoms with E-state index in [4.69, 9.17) is 0 Å². The van der Waals surface area contributed by atoms with E-state index in [0.29, 0.717) is 12.1 Å². The quantitative estimate of drug-likeness (QED) is 0.739. The first-order chi connectivity index (χ1) is 6.69. The van der Waals surface area contributed by atoms with Crippen LogP contribution in [0.4, 0.5) is 4.79 Å². The minimum atomic E-state index is 0.117. The molecule has 0 radical (unpaired) electrons. The molecule has 1 N–H and O–H groups in total. The molecule has 3 heteroatoms. The molecular formula is C11H22N2O. The lowest BCUT2D eigenvalue weighted by Crippen LogP contribution is -2.50. The van der Waals surface area contributed by atoms with Crippen molar-refractivity contribution in [3.05, 3.63) is 0 Å². The average Bonchev–Trinajstić information content (AvgIpc) is 2.12. The van der Waals surface area contributed by atoms with Gasteiger partial charge >= 0.3 is 6.03 Å². The summed E-state index contributed by atoms with van der Waals surface area (Å²) in [6.45, 7) is 7.05. The van der Waals surface area contributed by atoms with Crippen LogP contribution in [0.5, 0.6) is 0 Å². The average molecular weight is 198 g/mol. The fraction of sp³-hybridized carbons (Fsp3) is 0.909. The van der Waals surface area contributed by atoms with E-state index >= 15 is 0 Å². The summed E-state index contributed by atoms with van der Waals surface area (Å²) in [7, 11) is 0. The molecule has 0 aromatic rings. The van der Waals surface area contributed by atoms with E-state index in [9.17, 15) is 4.79 Å². The molecule has 0 saturated heterocycles. The lowest BCUT2D eigenvalue weighted by atomic mass is 9.93. The number of hydrogen-bond acceptors (Lipinski definition) is 1. The molecule has 0 heterocycles. The van der Waals surface area contributed by atoms with Crippen molar-refractivity contribution in [3.8, 4) is 0 Å². The number of nitrogens with one attached hydrogen (secondary N) is 1. The van der Waals surface area contributed by atoms with Gasteiger partial charge in [0.2, 0.25) is 0 Å². The number of amides is 2. The number of rotatable bonds is 4. The molecule has 14 heavy (non-hydrogen) atoms. The summed E-state index contributed by atoms with van der Waals surface area (Å²) >= 11 is 0. The van der Waals surface area contributed by atoms with Crippen LogP contribution in [0.25, 0.3) is 0 Å². The first-order valence-corrected chi connectivity index (χ1v) is 5.76. The summed E-state index contributed by atoms with van der Waals surface area (Å²) in [6.07, 6.45) is 4.60. The summed E-state index contributed by atoms with van der Waals surface area (Å²) in [6, 6.07) is 0.909. The second kappa shape index (κ2) is 5.23. The molecular weight excluding hydrogens is 176 g/mol. The van der Waals surface area contributed by atoms with E-state index in [-0.39, 0.29) is 6.03 Å². The fourth-order valence-electron chi connectivity index (χ4n) is 1.69. The van der Waals surface area contributed by atoms with Crippen LogP contribution in [0.15, 0.2) is 0 Å². The van der Waals surface area contributed by atoms with Crippen molar-refractivity contribution >= 4 is 6.03 Å². The Hall–Kier alpha value is -0.730. The van der Waals surface area contributed by atoms with Crippen LogP contribution in [-0.2, 0) is 0 Å². The van der Waals surface area contributed by atoms with Gasteiger partial charge in [-0.2, -0.15) is 0 Å². The van der Waals surface area contributed by atoms with Gasteiger partial charge in [-0.3, -0.25) is 0 Å². The van der Waals surface area contributed by atoms with Crippen LogP contribution >= 0.6 is 0 Å². The molecule has 0 aromatic carbocycles. The van der Waals surface area contributed by atoms with E-state index in [0.717, 1.165) is 25.8 Å². The smallest absolute Gasteiger partial charge is 0.317 e. The van der Waals surface area contributed by atoms with E-state index in [1.807, 2.05) is 11.8 Å². The van der Waals surface area contributed by atoms with Gasteiger partial charge in [0.15, 0.2) is 0 Å². The minimum absolute atomic E-state index is 0.117. The number of hydrogen-bond donors (Lipinski definition) is 1. The molecule has 0 aromatic heterocycles. The van der Waals surface area contributed by atoms with Gasteiger partial charge in [-0.05, 0) is 39.5 Å². The van der Waals surface area contributed by atoms with Gasteiger partial charge in [0.05, 0.1) is 0 Å². The zero-order valence-corrected chi connectivity index (χ0v) is 9.55. The van der Waals surface area contributed by atoms with Crippen LogP contribution in [0.3, 0.4) is 0 Å². The van der Waals surface area contributed by atoms with Gasteiger partial charge in [-0.15, -0.1) is 0 Å². The second-order valence-corrected chi connectivity index (χ2v) is 4.12. The zero-order chi connectivity index (χ0) is 10.6. The van der Waals surface area contributed by atoms with Crippen molar-refractivity contribution in [1.82, 2.24) is 10.2 Å². The summed E-state index contributed by atoms with van der Waals surface area (Å²) in [5.41, 5.74) is 0. The highest BCUT2D eigenvalue weighted by atomic mass is 16.2. The minimum Gasteiger partial charge on any atom is -0.335 e. The van der Waals surface area contributed by atoms with Gasteiger partial charge in [-0.25, -0.2) is 4.79 Å². The van der Waals surface area contributed by atoms with E-state index in [1.165, 1.54) is 6.42 Å². The van der Waals surface area contributed by atoms with Crippen LogP contribution in [-0.4, -0.2) is 29.6 Å². The molecule has 2 amide bonds. The fourth-order valence-corrected chi connectivity index (χ4v) is 1.69. The predicted octanol–water partition coefficient (Wildman–Crippen LogP) is 2.37. The lowest BCUT2D eigenvalue weighted by Gasteiger charge is -2.32. The second-order valence-electron chi connectivity index (χ2n) is 4.12. The highest BCUT2D eigenvalue weighted by Crippen LogP contribution is 2.18. The molecule has 1 rings (SSSR count). The Bertz CT molecular complexity index is 190. The Morgan fingerprint density at radius 1 is 1.50 bits per heavy atom. The Balaban J connectivity index is 2.38. The first-order valence-electron chi connectivity index (χ1n) is 5.76. The summed E-state index contributed by atoms with van der Waals surface area (Å²) in [4.78, 5) is 13.7. The SMILES string of the molecule is CCC(C)N(CC)C(=O)NC1CCC1. The molecule has 1 atom stereocenters. The normalized spacial score (nSPS) is 18.5. The van der Waals surface area contributed by atoms with Crippen molar-refractivity contribution in [2.24, 2.45) is 0 Å². The van der Waals surface area contributed by atoms with Gasteiger partial charge in [0.1, 0.15) is 0 Å².